The number of halogens is 3. The zero-order valence-corrected chi connectivity index (χ0v) is 16.2. The smallest absolute Gasteiger partial charge is 0.268 e. The first-order valence-electron chi connectivity index (χ1n) is 8.78. The summed E-state index contributed by atoms with van der Waals surface area (Å²) in [5.41, 5.74) is 0.199. The monoisotopic (exact) mass is 410 g/mol. The van der Waals surface area contributed by atoms with E-state index in [2.05, 4.69) is 4.98 Å². The molecule has 3 aromatic rings. The molecule has 142 valence electrons. The lowest BCUT2D eigenvalue weighted by molar-refractivity contribution is -0.137. The molecule has 0 bridgehead atoms. The van der Waals surface area contributed by atoms with Crippen molar-refractivity contribution in [3.05, 3.63) is 50.6 Å². The second-order valence-electron chi connectivity index (χ2n) is 6.41. The van der Waals surface area contributed by atoms with Crippen molar-refractivity contribution >= 4 is 33.3 Å². The van der Waals surface area contributed by atoms with Crippen LogP contribution in [0.15, 0.2) is 34.2 Å². The van der Waals surface area contributed by atoms with Crippen molar-refractivity contribution in [2.45, 2.75) is 43.9 Å². The molecule has 0 fully saturated rings. The minimum absolute atomic E-state index is 0.205. The molecule has 0 atom stereocenters. The van der Waals surface area contributed by atoms with E-state index in [0.29, 0.717) is 21.1 Å². The van der Waals surface area contributed by atoms with Gasteiger partial charge in [0.1, 0.15) is 4.83 Å². The third kappa shape index (κ3) is 3.29. The fourth-order valence-electron chi connectivity index (χ4n) is 3.46. The quantitative estimate of drug-likeness (QED) is 0.425. The van der Waals surface area contributed by atoms with Crippen LogP contribution in [0.3, 0.4) is 0 Å². The van der Waals surface area contributed by atoms with Gasteiger partial charge in [-0.1, -0.05) is 24.8 Å². The van der Waals surface area contributed by atoms with E-state index in [0.717, 1.165) is 43.4 Å². The zero-order valence-electron chi connectivity index (χ0n) is 14.6. The van der Waals surface area contributed by atoms with Crippen molar-refractivity contribution in [3.63, 3.8) is 0 Å². The molecule has 0 saturated carbocycles. The summed E-state index contributed by atoms with van der Waals surface area (Å²) in [5, 5.41) is 1.01. The van der Waals surface area contributed by atoms with Gasteiger partial charge in [-0.25, -0.2) is 4.98 Å². The van der Waals surface area contributed by atoms with Crippen LogP contribution in [0.1, 0.15) is 35.8 Å². The second kappa shape index (κ2) is 6.98. The maximum absolute atomic E-state index is 13.4. The number of aryl methyl sites for hydroxylation is 2. The van der Waals surface area contributed by atoms with Gasteiger partial charge in [0.25, 0.3) is 5.56 Å². The Morgan fingerprint density at radius 2 is 2.04 bits per heavy atom. The third-order valence-electron chi connectivity index (χ3n) is 4.66. The summed E-state index contributed by atoms with van der Waals surface area (Å²) >= 11 is 2.91. The Morgan fingerprint density at radius 1 is 1.26 bits per heavy atom. The average Bonchev–Trinajstić information content (AvgIpc) is 3.00. The first-order valence-corrected chi connectivity index (χ1v) is 10.6. The van der Waals surface area contributed by atoms with Gasteiger partial charge in [-0.15, -0.1) is 11.3 Å². The highest BCUT2D eigenvalue weighted by Gasteiger charge is 2.31. The van der Waals surface area contributed by atoms with Gasteiger partial charge in [-0.05, 0) is 55.2 Å². The number of aromatic nitrogens is 2. The third-order valence-corrected chi connectivity index (χ3v) is 6.67. The molecule has 1 aliphatic carbocycles. The van der Waals surface area contributed by atoms with E-state index in [1.54, 1.807) is 11.3 Å². The molecule has 0 N–H and O–H groups in total. The molecule has 0 amide bonds. The molecule has 4 rings (SSSR count). The molecule has 27 heavy (non-hydrogen) atoms. The van der Waals surface area contributed by atoms with Gasteiger partial charge in [0.05, 0.1) is 16.6 Å². The SMILES string of the molecule is CCSc1nc2sc3c(c2c(=O)n1-c1cccc(C(F)(F)F)c1)CCCC3. The summed E-state index contributed by atoms with van der Waals surface area (Å²) in [4.78, 5) is 19.9. The van der Waals surface area contributed by atoms with Crippen LogP contribution in [-0.2, 0) is 19.0 Å². The van der Waals surface area contributed by atoms with Gasteiger partial charge in [0.2, 0.25) is 0 Å². The van der Waals surface area contributed by atoms with Crippen LogP contribution < -0.4 is 5.56 Å². The fourth-order valence-corrected chi connectivity index (χ4v) is 5.50. The Kier molecular flexibility index (Phi) is 4.80. The molecule has 0 saturated heterocycles. The topological polar surface area (TPSA) is 34.9 Å². The molecule has 0 aliphatic heterocycles. The average molecular weight is 410 g/mol. The summed E-state index contributed by atoms with van der Waals surface area (Å²) in [7, 11) is 0. The summed E-state index contributed by atoms with van der Waals surface area (Å²) < 4.78 is 40.8. The van der Waals surface area contributed by atoms with E-state index in [1.165, 1.54) is 33.3 Å². The molecule has 0 radical (unpaired) electrons. The van der Waals surface area contributed by atoms with Crippen LogP contribution in [0, 0.1) is 0 Å². The second-order valence-corrected chi connectivity index (χ2v) is 8.72. The van der Waals surface area contributed by atoms with E-state index >= 15 is 0 Å². The first-order chi connectivity index (χ1) is 12.9. The Bertz CT molecular complexity index is 1070. The Labute approximate surface area is 162 Å². The lowest BCUT2D eigenvalue weighted by atomic mass is 9.97. The lowest BCUT2D eigenvalue weighted by Gasteiger charge is -2.14. The van der Waals surface area contributed by atoms with Crippen molar-refractivity contribution in [2.24, 2.45) is 0 Å². The van der Waals surface area contributed by atoms with Crippen LogP contribution in [0.4, 0.5) is 13.2 Å². The lowest BCUT2D eigenvalue weighted by Crippen LogP contribution is -2.22. The molecule has 0 spiro atoms. The highest BCUT2D eigenvalue weighted by Crippen LogP contribution is 2.36. The zero-order chi connectivity index (χ0) is 19.2. The van der Waals surface area contributed by atoms with Gasteiger partial charge in [-0.2, -0.15) is 13.2 Å². The largest absolute Gasteiger partial charge is 0.416 e. The minimum atomic E-state index is -4.46. The Morgan fingerprint density at radius 3 is 2.78 bits per heavy atom. The first kappa shape index (κ1) is 18.6. The van der Waals surface area contributed by atoms with Gasteiger partial charge < -0.3 is 0 Å². The van der Waals surface area contributed by atoms with E-state index in [4.69, 9.17) is 0 Å². The van der Waals surface area contributed by atoms with Gasteiger partial charge in [0.15, 0.2) is 5.16 Å². The Balaban J connectivity index is 2.00. The number of benzene rings is 1. The van der Waals surface area contributed by atoms with Crippen molar-refractivity contribution in [1.82, 2.24) is 9.55 Å². The molecule has 1 aromatic carbocycles. The van der Waals surface area contributed by atoms with Crippen molar-refractivity contribution in [3.8, 4) is 5.69 Å². The number of thioether (sulfide) groups is 1. The molecule has 2 aromatic heterocycles. The van der Waals surface area contributed by atoms with E-state index in [9.17, 15) is 18.0 Å². The summed E-state index contributed by atoms with van der Waals surface area (Å²) in [6.07, 6.45) is -0.576. The number of hydrogen-bond acceptors (Lipinski definition) is 4. The van der Waals surface area contributed by atoms with Crippen LogP contribution in [0.2, 0.25) is 0 Å². The van der Waals surface area contributed by atoms with Crippen LogP contribution in [0.5, 0.6) is 0 Å². The number of fused-ring (bicyclic) bond motifs is 3. The van der Waals surface area contributed by atoms with Crippen LogP contribution in [0.25, 0.3) is 15.9 Å². The predicted molar refractivity (Wildman–Crippen MR) is 103 cm³/mol. The van der Waals surface area contributed by atoms with E-state index in [1.807, 2.05) is 6.92 Å². The van der Waals surface area contributed by atoms with Crippen LogP contribution >= 0.6 is 23.1 Å². The maximum atomic E-state index is 13.4. The van der Waals surface area contributed by atoms with Crippen molar-refractivity contribution in [2.75, 3.05) is 5.75 Å². The molecular weight excluding hydrogens is 393 g/mol. The molecular formula is C19H17F3N2OS2. The maximum Gasteiger partial charge on any atom is 0.416 e. The van der Waals surface area contributed by atoms with E-state index < -0.39 is 11.7 Å². The predicted octanol–water partition coefficient (Wildman–Crippen LogP) is 5.46. The minimum Gasteiger partial charge on any atom is -0.268 e. The number of hydrogen-bond donors (Lipinski definition) is 0. The standard InChI is InChI=1S/C19H17F3N2OS2/c1-2-26-18-23-16-15(13-8-3-4-9-14(13)27-16)17(25)24(18)12-7-5-6-11(10-12)19(20,21)22/h5-7,10H,2-4,8-9H2,1H3. The fraction of sp³-hybridized carbons (Fsp3) is 0.368. The molecule has 8 heteroatoms. The Hall–Kier alpha value is -1.80. The van der Waals surface area contributed by atoms with E-state index in [-0.39, 0.29) is 11.2 Å². The molecule has 2 heterocycles. The van der Waals surface area contributed by atoms with Gasteiger partial charge >= 0.3 is 6.18 Å². The molecule has 1 aliphatic rings. The number of alkyl halides is 3. The summed E-state index contributed by atoms with van der Waals surface area (Å²) in [6.45, 7) is 1.93. The highest BCUT2D eigenvalue weighted by atomic mass is 32.2. The van der Waals surface area contributed by atoms with Gasteiger partial charge in [0, 0.05) is 4.88 Å². The normalized spacial score (nSPS) is 14.5. The number of nitrogens with zero attached hydrogens (tertiary/aromatic N) is 2. The number of rotatable bonds is 3. The number of thiophene rings is 1. The molecule has 0 unspecified atom stereocenters. The molecule has 3 nitrogen and oxygen atoms in total. The van der Waals surface area contributed by atoms with Crippen molar-refractivity contribution < 1.29 is 13.2 Å². The van der Waals surface area contributed by atoms with Gasteiger partial charge in [-0.3, -0.25) is 9.36 Å². The van der Waals surface area contributed by atoms with Crippen LogP contribution in [-0.4, -0.2) is 15.3 Å². The summed E-state index contributed by atoms with van der Waals surface area (Å²) in [5.74, 6) is 0.669. The van der Waals surface area contributed by atoms with Crippen molar-refractivity contribution in [1.29, 1.82) is 0 Å². The highest BCUT2D eigenvalue weighted by molar-refractivity contribution is 7.99. The summed E-state index contributed by atoms with van der Waals surface area (Å²) in [6, 6.07) is 4.90.